The SMILES string of the molecule is CNOC[C@@H](C)n1cncc1C#N. The zero-order valence-electron chi connectivity index (χ0n) is 7.69. The fourth-order valence-corrected chi connectivity index (χ4v) is 1.03. The molecule has 1 heterocycles. The zero-order valence-corrected chi connectivity index (χ0v) is 7.69. The van der Waals surface area contributed by atoms with Gasteiger partial charge < -0.3 is 4.57 Å². The van der Waals surface area contributed by atoms with Crippen molar-refractivity contribution in [1.29, 1.82) is 5.26 Å². The van der Waals surface area contributed by atoms with Crippen LogP contribution in [0.5, 0.6) is 0 Å². The van der Waals surface area contributed by atoms with E-state index >= 15 is 0 Å². The summed E-state index contributed by atoms with van der Waals surface area (Å²) in [7, 11) is 1.70. The monoisotopic (exact) mass is 180 g/mol. The average molecular weight is 180 g/mol. The maximum absolute atomic E-state index is 8.71. The molecule has 0 unspecified atom stereocenters. The lowest BCUT2D eigenvalue weighted by Gasteiger charge is -2.13. The normalized spacial score (nSPS) is 12.4. The van der Waals surface area contributed by atoms with Crippen LogP contribution in [0.2, 0.25) is 0 Å². The van der Waals surface area contributed by atoms with Gasteiger partial charge in [0.2, 0.25) is 0 Å². The third-order valence-electron chi connectivity index (χ3n) is 1.72. The van der Waals surface area contributed by atoms with Crippen molar-refractivity contribution in [2.24, 2.45) is 0 Å². The van der Waals surface area contributed by atoms with Crippen LogP contribution in [0.25, 0.3) is 0 Å². The molecule has 0 spiro atoms. The van der Waals surface area contributed by atoms with E-state index < -0.39 is 0 Å². The highest BCUT2D eigenvalue weighted by molar-refractivity contribution is 5.17. The molecule has 5 heteroatoms. The van der Waals surface area contributed by atoms with E-state index in [4.69, 9.17) is 10.1 Å². The predicted molar refractivity (Wildman–Crippen MR) is 46.7 cm³/mol. The lowest BCUT2D eigenvalue weighted by Crippen LogP contribution is -2.17. The smallest absolute Gasteiger partial charge is 0.140 e. The lowest BCUT2D eigenvalue weighted by atomic mass is 10.3. The van der Waals surface area contributed by atoms with Gasteiger partial charge in [0, 0.05) is 7.05 Å². The van der Waals surface area contributed by atoms with E-state index in [1.54, 1.807) is 17.9 Å². The summed E-state index contributed by atoms with van der Waals surface area (Å²) in [5.41, 5.74) is 3.13. The molecule has 1 atom stereocenters. The summed E-state index contributed by atoms with van der Waals surface area (Å²) in [5, 5.41) is 8.71. The number of hydroxylamine groups is 1. The molecule has 0 aliphatic carbocycles. The van der Waals surface area contributed by atoms with Crippen LogP contribution in [-0.4, -0.2) is 23.2 Å². The van der Waals surface area contributed by atoms with Gasteiger partial charge in [-0.1, -0.05) is 0 Å². The van der Waals surface area contributed by atoms with Crippen molar-refractivity contribution in [1.82, 2.24) is 15.0 Å². The maximum Gasteiger partial charge on any atom is 0.140 e. The number of hydrogen-bond donors (Lipinski definition) is 1. The quantitative estimate of drug-likeness (QED) is 0.684. The number of rotatable bonds is 4. The average Bonchev–Trinajstić information content (AvgIpc) is 2.61. The number of nitrogens with one attached hydrogen (secondary N) is 1. The maximum atomic E-state index is 8.71. The third-order valence-corrected chi connectivity index (χ3v) is 1.72. The molecule has 5 nitrogen and oxygen atoms in total. The lowest BCUT2D eigenvalue weighted by molar-refractivity contribution is 0.0380. The molecule has 1 aromatic heterocycles. The van der Waals surface area contributed by atoms with Crippen LogP contribution in [0.1, 0.15) is 18.7 Å². The minimum Gasteiger partial charge on any atom is -0.317 e. The zero-order chi connectivity index (χ0) is 9.68. The van der Waals surface area contributed by atoms with Crippen LogP contribution >= 0.6 is 0 Å². The molecule has 0 amide bonds. The largest absolute Gasteiger partial charge is 0.317 e. The Balaban J connectivity index is 2.66. The van der Waals surface area contributed by atoms with Crippen molar-refractivity contribution in [3.63, 3.8) is 0 Å². The molecule has 0 bridgehead atoms. The van der Waals surface area contributed by atoms with E-state index in [-0.39, 0.29) is 6.04 Å². The van der Waals surface area contributed by atoms with Gasteiger partial charge >= 0.3 is 0 Å². The standard InChI is InChI=1S/C8H12N4O/c1-7(5-13-10-2)12-6-11-4-8(12)3-9/h4,6-7,10H,5H2,1-2H3/t7-/m1/s1. The Morgan fingerprint density at radius 1 is 1.85 bits per heavy atom. The molecule has 13 heavy (non-hydrogen) atoms. The number of hydrogen-bond acceptors (Lipinski definition) is 4. The Kier molecular flexibility index (Phi) is 3.43. The Morgan fingerprint density at radius 3 is 3.23 bits per heavy atom. The first-order valence-corrected chi connectivity index (χ1v) is 4.00. The van der Waals surface area contributed by atoms with E-state index in [1.807, 2.05) is 6.92 Å². The first-order valence-electron chi connectivity index (χ1n) is 4.00. The van der Waals surface area contributed by atoms with Gasteiger partial charge in [-0.2, -0.15) is 5.26 Å². The highest BCUT2D eigenvalue weighted by Gasteiger charge is 2.08. The highest BCUT2D eigenvalue weighted by Crippen LogP contribution is 2.08. The van der Waals surface area contributed by atoms with Crippen LogP contribution < -0.4 is 5.48 Å². The minimum atomic E-state index is 0.101. The molecule has 0 aliphatic heterocycles. The summed E-state index contributed by atoms with van der Waals surface area (Å²) in [6.07, 6.45) is 3.16. The Bertz CT molecular complexity index is 301. The molecule has 0 saturated carbocycles. The van der Waals surface area contributed by atoms with Gasteiger partial charge in [0.25, 0.3) is 0 Å². The first kappa shape index (κ1) is 9.71. The molecule has 1 rings (SSSR count). The molecule has 0 saturated heterocycles. The van der Waals surface area contributed by atoms with Gasteiger partial charge in [-0.25, -0.2) is 10.5 Å². The second-order valence-electron chi connectivity index (χ2n) is 2.66. The summed E-state index contributed by atoms with van der Waals surface area (Å²) < 4.78 is 1.78. The second-order valence-corrected chi connectivity index (χ2v) is 2.66. The predicted octanol–water partition coefficient (Wildman–Crippen LogP) is 0.467. The first-order chi connectivity index (χ1) is 6.29. The second kappa shape index (κ2) is 4.60. The van der Waals surface area contributed by atoms with Crippen molar-refractivity contribution in [2.75, 3.05) is 13.7 Å². The van der Waals surface area contributed by atoms with E-state index in [0.717, 1.165) is 0 Å². The van der Waals surface area contributed by atoms with Crippen molar-refractivity contribution in [2.45, 2.75) is 13.0 Å². The molecule has 0 aliphatic rings. The summed E-state index contributed by atoms with van der Waals surface area (Å²) in [5.74, 6) is 0. The fraction of sp³-hybridized carbons (Fsp3) is 0.500. The van der Waals surface area contributed by atoms with Crippen LogP contribution in [-0.2, 0) is 4.84 Å². The Labute approximate surface area is 76.9 Å². The number of nitrogens with zero attached hydrogens (tertiary/aromatic N) is 3. The number of aromatic nitrogens is 2. The van der Waals surface area contributed by atoms with E-state index in [0.29, 0.717) is 12.3 Å². The van der Waals surface area contributed by atoms with Gasteiger partial charge in [-0.05, 0) is 6.92 Å². The van der Waals surface area contributed by atoms with Crippen LogP contribution in [0.4, 0.5) is 0 Å². The third kappa shape index (κ3) is 2.28. The van der Waals surface area contributed by atoms with Gasteiger partial charge in [0.05, 0.1) is 25.2 Å². The molecule has 0 fully saturated rings. The van der Waals surface area contributed by atoms with Crippen molar-refractivity contribution < 1.29 is 4.84 Å². The molecule has 1 aromatic rings. The van der Waals surface area contributed by atoms with Crippen LogP contribution in [0.15, 0.2) is 12.5 Å². The van der Waals surface area contributed by atoms with Gasteiger partial charge in [-0.15, -0.1) is 0 Å². The van der Waals surface area contributed by atoms with E-state index in [9.17, 15) is 0 Å². The molecule has 1 N–H and O–H groups in total. The van der Waals surface area contributed by atoms with Crippen molar-refractivity contribution >= 4 is 0 Å². The van der Waals surface area contributed by atoms with Crippen LogP contribution in [0.3, 0.4) is 0 Å². The number of nitriles is 1. The van der Waals surface area contributed by atoms with Gasteiger partial charge in [0.1, 0.15) is 11.8 Å². The summed E-state index contributed by atoms with van der Waals surface area (Å²) in [6.45, 7) is 2.46. The summed E-state index contributed by atoms with van der Waals surface area (Å²) in [6, 6.07) is 2.16. The summed E-state index contributed by atoms with van der Waals surface area (Å²) >= 11 is 0. The fourth-order valence-electron chi connectivity index (χ4n) is 1.03. The van der Waals surface area contributed by atoms with Crippen molar-refractivity contribution in [3.05, 3.63) is 18.2 Å². The molecule has 70 valence electrons. The molecular weight excluding hydrogens is 168 g/mol. The molecule has 0 aromatic carbocycles. The van der Waals surface area contributed by atoms with E-state index in [2.05, 4.69) is 16.5 Å². The van der Waals surface area contributed by atoms with Gasteiger partial charge in [0.15, 0.2) is 0 Å². The van der Waals surface area contributed by atoms with E-state index in [1.165, 1.54) is 6.20 Å². The molecular formula is C8H12N4O. The number of imidazole rings is 1. The van der Waals surface area contributed by atoms with Gasteiger partial charge in [-0.3, -0.25) is 4.84 Å². The Morgan fingerprint density at radius 2 is 2.62 bits per heavy atom. The van der Waals surface area contributed by atoms with Crippen molar-refractivity contribution in [3.8, 4) is 6.07 Å². The highest BCUT2D eigenvalue weighted by atomic mass is 16.6. The summed E-state index contributed by atoms with van der Waals surface area (Å²) in [4.78, 5) is 8.90. The Hall–Kier alpha value is -1.38. The van der Waals surface area contributed by atoms with Crippen LogP contribution in [0, 0.1) is 11.3 Å². The minimum absolute atomic E-state index is 0.101. The topological polar surface area (TPSA) is 62.9 Å². The molecule has 0 radical (unpaired) electrons.